The van der Waals surface area contributed by atoms with Gasteiger partial charge in [0.1, 0.15) is 5.60 Å². The van der Waals surface area contributed by atoms with Crippen LogP contribution in [-0.4, -0.2) is 37.7 Å². The lowest BCUT2D eigenvalue weighted by Crippen LogP contribution is -2.49. The van der Waals surface area contributed by atoms with Crippen molar-refractivity contribution in [2.75, 3.05) is 26.3 Å². The van der Waals surface area contributed by atoms with Crippen LogP contribution in [-0.2, 0) is 0 Å². The van der Waals surface area contributed by atoms with Gasteiger partial charge in [-0.1, -0.05) is 0 Å². The predicted octanol–water partition coefficient (Wildman–Crippen LogP) is 2.57. The zero-order valence-corrected chi connectivity index (χ0v) is 13.2. The van der Waals surface area contributed by atoms with Gasteiger partial charge in [0.05, 0.1) is 25.2 Å². The maximum Gasteiger partial charge on any atom is 0.204 e. The van der Waals surface area contributed by atoms with Crippen LogP contribution in [0.2, 0.25) is 0 Å². The molecule has 2 aliphatic heterocycles. The van der Waals surface area contributed by atoms with Gasteiger partial charge in [0.25, 0.3) is 0 Å². The third-order valence-electron chi connectivity index (χ3n) is 4.28. The van der Waals surface area contributed by atoms with Crippen molar-refractivity contribution in [2.45, 2.75) is 38.7 Å². The normalized spacial score (nSPS) is 19.5. The van der Waals surface area contributed by atoms with Crippen molar-refractivity contribution in [3.05, 3.63) is 17.7 Å². The van der Waals surface area contributed by atoms with Crippen LogP contribution in [0.25, 0.3) is 0 Å². The van der Waals surface area contributed by atoms with E-state index in [2.05, 4.69) is 5.32 Å². The Morgan fingerprint density at radius 2 is 1.91 bits per heavy atom. The number of nitrogens with one attached hydrogen (secondary N) is 1. The van der Waals surface area contributed by atoms with Gasteiger partial charge in [-0.15, -0.1) is 0 Å². The molecule has 0 aliphatic carbocycles. The van der Waals surface area contributed by atoms with Gasteiger partial charge in [-0.05, 0) is 39.1 Å². The van der Waals surface area contributed by atoms with Crippen LogP contribution >= 0.6 is 0 Å². The van der Waals surface area contributed by atoms with Crippen molar-refractivity contribution in [3.8, 4) is 17.2 Å². The van der Waals surface area contributed by atoms with E-state index in [9.17, 15) is 4.79 Å². The number of benzene rings is 1. The molecule has 1 aromatic carbocycles. The fourth-order valence-electron chi connectivity index (χ4n) is 3.22. The van der Waals surface area contributed by atoms with Crippen LogP contribution < -0.4 is 19.5 Å². The van der Waals surface area contributed by atoms with Crippen molar-refractivity contribution in [1.29, 1.82) is 0 Å². The third kappa shape index (κ3) is 2.65. The zero-order chi connectivity index (χ0) is 15.6. The van der Waals surface area contributed by atoms with E-state index in [1.807, 2.05) is 13.8 Å². The molecule has 120 valence electrons. The lowest BCUT2D eigenvalue weighted by atomic mass is 9.83. The molecule has 1 N–H and O–H groups in total. The summed E-state index contributed by atoms with van der Waals surface area (Å²) in [5.41, 5.74) is 0.211. The third-order valence-corrected chi connectivity index (χ3v) is 4.28. The van der Waals surface area contributed by atoms with Gasteiger partial charge in [0.15, 0.2) is 17.3 Å². The molecule has 1 fully saturated rings. The molecular weight excluding hydrogens is 282 g/mol. The van der Waals surface area contributed by atoms with E-state index in [1.165, 1.54) is 0 Å². The summed E-state index contributed by atoms with van der Waals surface area (Å²) in [4.78, 5) is 12.6. The lowest BCUT2D eigenvalue weighted by molar-refractivity contribution is 0.0159. The molecule has 3 rings (SSSR count). The first-order valence-corrected chi connectivity index (χ1v) is 8.04. The molecule has 2 heterocycles. The number of Topliss-reactive ketones (excluding diaryl/α,β-unsaturated/α-hetero) is 1. The molecule has 0 atom stereocenters. The van der Waals surface area contributed by atoms with E-state index < -0.39 is 5.60 Å². The number of rotatable bonds is 4. The highest BCUT2D eigenvalue weighted by atomic mass is 16.6. The SMILES string of the molecule is CCOc1ccc2c(c1OCC)OC1(CCNCC1)CC2=O. The summed E-state index contributed by atoms with van der Waals surface area (Å²) < 4.78 is 17.7. The van der Waals surface area contributed by atoms with Gasteiger partial charge in [-0.3, -0.25) is 4.79 Å². The summed E-state index contributed by atoms with van der Waals surface area (Å²) in [5.74, 6) is 1.90. The number of hydrogen-bond donors (Lipinski definition) is 1. The molecule has 5 nitrogen and oxygen atoms in total. The Bertz CT molecular complexity index is 564. The molecule has 0 aromatic heterocycles. The Morgan fingerprint density at radius 1 is 1.18 bits per heavy atom. The summed E-state index contributed by atoms with van der Waals surface area (Å²) in [5, 5.41) is 3.32. The minimum atomic E-state index is -0.397. The minimum absolute atomic E-state index is 0.132. The van der Waals surface area contributed by atoms with Gasteiger partial charge >= 0.3 is 0 Å². The Balaban J connectivity index is 2.03. The first-order chi connectivity index (χ1) is 10.7. The highest BCUT2D eigenvalue weighted by molar-refractivity contribution is 6.01. The molecule has 5 heteroatoms. The van der Waals surface area contributed by atoms with Crippen LogP contribution in [0.3, 0.4) is 0 Å². The van der Waals surface area contributed by atoms with Crippen molar-refractivity contribution in [2.24, 2.45) is 0 Å². The summed E-state index contributed by atoms with van der Waals surface area (Å²) in [6.07, 6.45) is 2.12. The van der Waals surface area contributed by atoms with Crippen molar-refractivity contribution >= 4 is 5.78 Å². The molecule has 0 amide bonds. The highest BCUT2D eigenvalue weighted by Crippen LogP contribution is 2.47. The highest BCUT2D eigenvalue weighted by Gasteiger charge is 2.43. The van der Waals surface area contributed by atoms with E-state index in [0.29, 0.717) is 42.4 Å². The van der Waals surface area contributed by atoms with Crippen LogP contribution in [0.15, 0.2) is 12.1 Å². The summed E-state index contributed by atoms with van der Waals surface area (Å²) >= 11 is 0. The lowest BCUT2D eigenvalue weighted by Gasteiger charge is -2.41. The summed E-state index contributed by atoms with van der Waals surface area (Å²) in [6, 6.07) is 3.59. The van der Waals surface area contributed by atoms with E-state index >= 15 is 0 Å². The number of piperidine rings is 1. The topological polar surface area (TPSA) is 56.8 Å². The molecule has 0 bridgehead atoms. The molecule has 1 aromatic rings. The fourth-order valence-corrected chi connectivity index (χ4v) is 3.22. The van der Waals surface area contributed by atoms with Crippen LogP contribution in [0.5, 0.6) is 17.2 Å². The molecule has 0 unspecified atom stereocenters. The number of carbonyl (C=O) groups is 1. The number of ether oxygens (including phenoxy) is 3. The van der Waals surface area contributed by atoms with Gasteiger partial charge in [-0.2, -0.15) is 0 Å². The van der Waals surface area contributed by atoms with Gasteiger partial charge in [0, 0.05) is 12.8 Å². The molecule has 2 aliphatic rings. The second kappa shape index (κ2) is 6.16. The largest absolute Gasteiger partial charge is 0.490 e. The van der Waals surface area contributed by atoms with Crippen LogP contribution in [0, 0.1) is 0 Å². The quantitative estimate of drug-likeness (QED) is 0.926. The zero-order valence-electron chi connectivity index (χ0n) is 13.2. The smallest absolute Gasteiger partial charge is 0.204 e. The molecule has 0 saturated carbocycles. The first kappa shape index (κ1) is 15.2. The first-order valence-electron chi connectivity index (χ1n) is 8.04. The van der Waals surface area contributed by atoms with Gasteiger partial charge in [0.2, 0.25) is 5.75 Å². The maximum atomic E-state index is 12.6. The van der Waals surface area contributed by atoms with Crippen molar-refractivity contribution in [3.63, 3.8) is 0 Å². The van der Waals surface area contributed by atoms with Gasteiger partial charge in [-0.25, -0.2) is 0 Å². The number of hydrogen-bond acceptors (Lipinski definition) is 5. The van der Waals surface area contributed by atoms with Crippen LogP contribution in [0.1, 0.15) is 43.5 Å². The maximum absolute atomic E-state index is 12.6. The second-order valence-electron chi connectivity index (χ2n) is 5.77. The Morgan fingerprint density at radius 3 is 2.59 bits per heavy atom. The fraction of sp³-hybridized carbons (Fsp3) is 0.588. The molecule has 1 saturated heterocycles. The average molecular weight is 305 g/mol. The standard InChI is InChI=1S/C17H23NO4/c1-3-20-14-6-5-12-13(19)11-17(7-9-18-10-8-17)22-15(12)16(14)21-4-2/h5-6,18H,3-4,7-11H2,1-2H3. The number of ketones is 1. The molecule has 1 spiro atoms. The van der Waals surface area contributed by atoms with Crippen molar-refractivity contribution < 1.29 is 19.0 Å². The van der Waals surface area contributed by atoms with Gasteiger partial charge < -0.3 is 19.5 Å². The Kier molecular flexibility index (Phi) is 4.25. The van der Waals surface area contributed by atoms with E-state index in [0.717, 1.165) is 25.9 Å². The minimum Gasteiger partial charge on any atom is -0.490 e. The molecular formula is C17H23NO4. The van der Waals surface area contributed by atoms with E-state index in [4.69, 9.17) is 14.2 Å². The van der Waals surface area contributed by atoms with Crippen molar-refractivity contribution in [1.82, 2.24) is 5.32 Å². The summed E-state index contributed by atoms with van der Waals surface area (Å²) in [7, 11) is 0. The molecule has 0 radical (unpaired) electrons. The van der Waals surface area contributed by atoms with E-state index in [-0.39, 0.29) is 5.78 Å². The Hall–Kier alpha value is -1.75. The molecule has 22 heavy (non-hydrogen) atoms. The number of fused-ring (bicyclic) bond motifs is 1. The predicted molar refractivity (Wildman–Crippen MR) is 83.2 cm³/mol. The Labute approximate surface area is 130 Å². The number of carbonyl (C=O) groups excluding carboxylic acids is 1. The van der Waals surface area contributed by atoms with Crippen LogP contribution in [0.4, 0.5) is 0 Å². The summed E-state index contributed by atoms with van der Waals surface area (Å²) in [6.45, 7) is 6.63. The average Bonchev–Trinajstić information content (AvgIpc) is 2.51. The second-order valence-corrected chi connectivity index (χ2v) is 5.77. The monoisotopic (exact) mass is 305 g/mol. The van der Waals surface area contributed by atoms with E-state index in [1.54, 1.807) is 12.1 Å².